The third-order valence-corrected chi connectivity index (χ3v) is 12.0. The lowest BCUT2D eigenvalue weighted by molar-refractivity contribution is 0.418. The second-order valence-corrected chi connectivity index (χ2v) is 15.0. The van der Waals surface area contributed by atoms with Gasteiger partial charge in [-0.3, -0.25) is 0 Å². The third-order valence-electron chi connectivity index (χ3n) is 4.63. The lowest BCUT2D eigenvalue weighted by atomic mass is 10.2. The SMILES string of the molecule is CC[Si](CC)(CC)c1cc(Br)nc(C(F)/C=N/[S+]([O-])C(C)(C)C)c1F. The van der Waals surface area contributed by atoms with Crippen LogP contribution in [0.4, 0.5) is 8.78 Å². The minimum atomic E-state index is -2.04. The molecule has 0 aromatic carbocycles. The van der Waals surface area contributed by atoms with Gasteiger partial charge in [-0.2, -0.15) is 0 Å². The average molecular weight is 453 g/mol. The fraction of sp³-hybridized carbons (Fsp3) is 0.647. The van der Waals surface area contributed by atoms with Crippen LogP contribution in [0.2, 0.25) is 18.1 Å². The Kier molecular flexibility index (Phi) is 8.23. The van der Waals surface area contributed by atoms with Crippen LogP contribution in [-0.4, -0.2) is 28.6 Å². The van der Waals surface area contributed by atoms with Gasteiger partial charge in [-0.1, -0.05) is 43.3 Å². The van der Waals surface area contributed by atoms with Crippen molar-refractivity contribution >= 4 is 46.8 Å². The van der Waals surface area contributed by atoms with Crippen LogP contribution in [0.3, 0.4) is 0 Å². The number of aromatic nitrogens is 1. The first-order chi connectivity index (χ1) is 11.5. The van der Waals surface area contributed by atoms with Crippen LogP contribution in [0.5, 0.6) is 0 Å². The van der Waals surface area contributed by atoms with Crippen molar-refractivity contribution in [3.63, 3.8) is 0 Å². The molecule has 8 heteroatoms. The maximum atomic E-state index is 15.1. The highest BCUT2D eigenvalue weighted by molar-refractivity contribution is 9.10. The Morgan fingerprint density at radius 3 is 2.28 bits per heavy atom. The van der Waals surface area contributed by atoms with E-state index in [-0.39, 0.29) is 5.69 Å². The summed E-state index contributed by atoms with van der Waals surface area (Å²) in [5, 5.41) is 0.602. The normalized spacial score (nSPS) is 15.6. The van der Waals surface area contributed by atoms with Gasteiger partial charge in [0.15, 0.2) is 6.17 Å². The van der Waals surface area contributed by atoms with Crippen LogP contribution in [0.1, 0.15) is 53.4 Å². The van der Waals surface area contributed by atoms with Crippen molar-refractivity contribution in [3.05, 3.63) is 22.2 Å². The Bertz CT molecular complexity index is 613. The van der Waals surface area contributed by atoms with Gasteiger partial charge < -0.3 is 4.55 Å². The Morgan fingerprint density at radius 2 is 1.84 bits per heavy atom. The van der Waals surface area contributed by atoms with Crippen molar-refractivity contribution in [2.45, 2.75) is 70.6 Å². The molecule has 0 saturated carbocycles. The lowest BCUT2D eigenvalue weighted by Crippen LogP contribution is -2.48. The molecule has 0 aliphatic heterocycles. The summed E-state index contributed by atoms with van der Waals surface area (Å²) in [5.74, 6) is -0.582. The van der Waals surface area contributed by atoms with Gasteiger partial charge in [0, 0.05) is 0 Å². The van der Waals surface area contributed by atoms with E-state index in [1.807, 2.05) is 0 Å². The highest BCUT2D eigenvalue weighted by atomic mass is 79.9. The fourth-order valence-corrected chi connectivity index (χ4v) is 7.59. The Balaban J connectivity index is 3.32. The highest BCUT2D eigenvalue weighted by Crippen LogP contribution is 2.27. The molecule has 0 N–H and O–H groups in total. The molecule has 2 atom stereocenters. The number of pyridine rings is 1. The van der Waals surface area contributed by atoms with Crippen LogP contribution in [-0.2, 0) is 11.4 Å². The van der Waals surface area contributed by atoms with Gasteiger partial charge in [0.1, 0.15) is 32.2 Å². The summed E-state index contributed by atoms with van der Waals surface area (Å²) < 4.78 is 45.2. The summed E-state index contributed by atoms with van der Waals surface area (Å²) in [6.07, 6.45) is -0.935. The van der Waals surface area contributed by atoms with E-state index in [0.29, 0.717) is 9.79 Å². The zero-order valence-electron chi connectivity index (χ0n) is 15.7. The van der Waals surface area contributed by atoms with Gasteiger partial charge in [0.25, 0.3) is 0 Å². The summed E-state index contributed by atoms with van der Waals surface area (Å²) >= 11 is 1.69. The molecule has 3 nitrogen and oxygen atoms in total. The van der Waals surface area contributed by atoms with Crippen molar-refractivity contribution in [3.8, 4) is 0 Å². The van der Waals surface area contributed by atoms with Gasteiger partial charge >= 0.3 is 0 Å². The van der Waals surface area contributed by atoms with Gasteiger partial charge in [0.2, 0.25) is 0 Å². The van der Waals surface area contributed by atoms with Crippen LogP contribution in [0.15, 0.2) is 15.1 Å². The van der Waals surface area contributed by atoms with Crippen molar-refractivity contribution in [1.29, 1.82) is 0 Å². The predicted octanol–water partition coefficient (Wildman–Crippen LogP) is 5.24. The van der Waals surface area contributed by atoms with Gasteiger partial charge in [0.05, 0.1) is 14.3 Å². The molecule has 0 spiro atoms. The van der Waals surface area contributed by atoms with Gasteiger partial charge in [-0.05, 0) is 48.0 Å². The predicted molar refractivity (Wildman–Crippen MR) is 109 cm³/mol. The second-order valence-electron chi connectivity index (χ2n) is 7.05. The largest absolute Gasteiger partial charge is 0.591 e. The average Bonchev–Trinajstić information content (AvgIpc) is 2.56. The van der Waals surface area contributed by atoms with E-state index in [2.05, 4.69) is 46.1 Å². The van der Waals surface area contributed by atoms with E-state index in [4.69, 9.17) is 0 Å². The molecule has 1 aromatic heterocycles. The molecule has 142 valence electrons. The summed E-state index contributed by atoms with van der Waals surface area (Å²) in [7, 11) is -2.04. The first-order valence-electron chi connectivity index (χ1n) is 8.49. The molecule has 0 aliphatic carbocycles. The van der Waals surface area contributed by atoms with Gasteiger partial charge in [-0.15, -0.1) is 0 Å². The fourth-order valence-electron chi connectivity index (χ4n) is 2.74. The molecule has 0 amide bonds. The number of hydrogen-bond acceptors (Lipinski definition) is 3. The topological polar surface area (TPSA) is 48.3 Å². The molecule has 1 rings (SSSR count). The van der Waals surface area contributed by atoms with E-state index in [1.165, 1.54) is 0 Å². The Hall–Kier alpha value is -0.313. The lowest BCUT2D eigenvalue weighted by Gasteiger charge is -2.29. The molecule has 0 fully saturated rings. The molecule has 0 bridgehead atoms. The molecular weight excluding hydrogens is 426 g/mol. The molecule has 0 aliphatic rings. The summed E-state index contributed by atoms with van der Waals surface area (Å²) in [4.78, 5) is 3.99. The number of halogens is 3. The van der Waals surface area contributed by atoms with Crippen LogP contribution < -0.4 is 5.19 Å². The molecule has 25 heavy (non-hydrogen) atoms. The Morgan fingerprint density at radius 1 is 1.32 bits per heavy atom. The van der Waals surface area contributed by atoms with Gasteiger partial charge in [-0.25, -0.2) is 13.8 Å². The zero-order chi connectivity index (χ0) is 19.4. The molecule has 1 aromatic rings. The third kappa shape index (κ3) is 5.34. The van der Waals surface area contributed by atoms with E-state index < -0.39 is 36.2 Å². The van der Waals surface area contributed by atoms with Crippen LogP contribution in [0, 0.1) is 5.82 Å². The van der Waals surface area contributed by atoms with Crippen LogP contribution >= 0.6 is 15.9 Å². The molecule has 2 unspecified atom stereocenters. The summed E-state index contributed by atoms with van der Waals surface area (Å²) in [6.45, 7) is 11.4. The minimum Gasteiger partial charge on any atom is -0.591 e. The molecule has 1 heterocycles. The summed E-state index contributed by atoms with van der Waals surface area (Å²) in [6, 6.07) is 4.34. The maximum Gasteiger partial charge on any atom is 0.184 e. The van der Waals surface area contributed by atoms with E-state index >= 15 is 4.39 Å². The van der Waals surface area contributed by atoms with Crippen molar-refractivity contribution in [2.24, 2.45) is 4.40 Å². The van der Waals surface area contributed by atoms with E-state index in [1.54, 1.807) is 26.8 Å². The molecule has 0 radical (unpaired) electrons. The smallest absolute Gasteiger partial charge is 0.184 e. The first kappa shape index (κ1) is 22.7. The van der Waals surface area contributed by atoms with Crippen molar-refractivity contribution < 1.29 is 13.3 Å². The van der Waals surface area contributed by atoms with E-state index in [9.17, 15) is 8.94 Å². The van der Waals surface area contributed by atoms with Crippen molar-refractivity contribution in [2.75, 3.05) is 0 Å². The van der Waals surface area contributed by atoms with E-state index in [0.717, 1.165) is 24.3 Å². The highest BCUT2D eigenvalue weighted by Gasteiger charge is 2.35. The molecular formula is C17H27BrF2N2OSSi. The van der Waals surface area contributed by atoms with Crippen LogP contribution in [0.25, 0.3) is 0 Å². The number of rotatable bonds is 7. The zero-order valence-corrected chi connectivity index (χ0v) is 19.1. The Labute approximate surface area is 162 Å². The summed E-state index contributed by atoms with van der Waals surface area (Å²) in [5.41, 5.74) is -0.286. The number of alkyl halides is 1. The second kappa shape index (κ2) is 9.06. The quantitative estimate of drug-likeness (QED) is 0.245. The monoisotopic (exact) mass is 452 g/mol. The minimum absolute atomic E-state index is 0.286. The number of hydrogen-bond donors (Lipinski definition) is 0. The number of nitrogens with zero attached hydrogens (tertiary/aromatic N) is 2. The maximum absolute atomic E-state index is 15.1. The van der Waals surface area contributed by atoms with Crippen molar-refractivity contribution in [1.82, 2.24) is 4.98 Å². The standard InChI is InChI=1S/C17H27BrF2N2OSSi/c1-7-25(8-2,9-3)13-10-14(18)22-16(15(13)20)12(19)11-21-24(23)17(4,5)6/h10-12H,7-9H2,1-6H3/b21-11+. The molecule has 0 saturated heterocycles. The first-order valence-corrected chi connectivity index (χ1v) is 13.0.